The molecule has 43 heavy (non-hydrogen) atoms. The number of nitrogens with one attached hydrogen (secondary N) is 1. The smallest absolute Gasteiger partial charge is 0.297 e. The summed E-state index contributed by atoms with van der Waals surface area (Å²) in [5.74, 6) is 0. The van der Waals surface area contributed by atoms with E-state index < -0.39 is 22.3 Å². The fourth-order valence-electron chi connectivity index (χ4n) is 3.90. The van der Waals surface area contributed by atoms with Crippen LogP contribution in [0.15, 0.2) is 35.4 Å². The van der Waals surface area contributed by atoms with Gasteiger partial charge in [0.1, 0.15) is 5.69 Å². The van der Waals surface area contributed by atoms with Gasteiger partial charge in [-0.05, 0) is 19.1 Å². The summed E-state index contributed by atoms with van der Waals surface area (Å²) in [4.78, 5) is 0.123. The molecule has 2 heterocycles. The van der Waals surface area contributed by atoms with Crippen molar-refractivity contribution in [2.24, 2.45) is 0 Å². The Labute approximate surface area is 252 Å². The highest BCUT2D eigenvalue weighted by molar-refractivity contribution is 7.86. The van der Waals surface area contributed by atoms with Gasteiger partial charge < -0.3 is 44.0 Å². The molecule has 244 valence electrons. The van der Waals surface area contributed by atoms with Crippen LogP contribution in [0, 0.1) is 6.92 Å². The molecular formula is C27H44N4O11S. The number of nitrogens with zero attached hydrogens (tertiary/aromatic N) is 3. The number of β-amino-alcohol motifs (C(OH)–C–C–N with tert-alkyl or cyclic N) is 1. The highest BCUT2D eigenvalue weighted by Gasteiger charge is 2.33. The molecule has 0 radical (unpaired) electrons. The SMILES string of the molecule is Cc1ccc(S(=O)(=O)OCCOCCOCCOCCOCCOCCOCc2cn(C[C@@H]3NC[C@@H](O)[C@H]3O)nn2)cc1. The Morgan fingerprint density at radius 1 is 0.814 bits per heavy atom. The Morgan fingerprint density at radius 2 is 1.33 bits per heavy atom. The first kappa shape index (κ1) is 35.4. The minimum Gasteiger partial charge on any atom is -0.389 e. The lowest BCUT2D eigenvalue weighted by atomic mass is 10.1. The van der Waals surface area contributed by atoms with Crippen LogP contribution in [-0.4, -0.2) is 138 Å². The van der Waals surface area contributed by atoms with Gasteiger partial charge in [0.25, 0.3) is 10.1 Å². The number of benzene rings is 1. The van der Waals surface area contributed by atoms with E-state index in [0.717, 1.165) is 5.56 Å². The number of aliphatic hydroxyl groups is 2. The van der Waals surface area contributed by atoms with Gasteiger partial charge in [-0.25, -0.2) is 0 Å². The summed E-state index contributed by atoms with van der Waals surface area (Å²) in [7, 11) is -3.78. The fraction of sp³-hybridized carbons (Fsp3) is 0.704. The topological polar surface area (TPSA) is 182 Å². The zero-order valence-corrected chi connectivity index (χ0v) is 25.4. The van der Waals surface area contributed by atoms with Crippen molar-refractivity contribution in [2.75, 3.05) is 85.8 Å². The normalized spacial score (nSPS) is 18.9. The van der Waals surface area contributed by atoms with Gasteiger partial charge in [-0.3, -0.25) is 8.86 Å². The summed E-state index contributed by atoms with van der Waals surface area (Å²) in [6, 6.07) is 6.20. The van der Waals surface area contributed by atoms with Crippen LogP contribution in [0.3, 0.4) is 0 Å². The number of hydrogen-bond donors (Lipinski definition) is 3. The van der Waals surface area contributed by atoms with Crippen molar-refractivity contribution in [1.29, 1.82) is 0 Å². The lowest BCUT2D eigenvalue weighted by Crippen LogP contribution is -2.36. The average Bonchev–Trinajstić information content (AvgIpc) is 3.57. The Kier molecular flexibility index (Phi) is 16.5. The lowest BCUT2D eigenvalue weighted by molar-refractivity contribution is -0.0187. The van der Waals surface area contributed by atoms with Crippen LogP contribution >= 0.6 is 0 Å². The van der Waals surface area contributed by atoms with Crippen LogP contribution in [0.2, 0.25) is 0 Å². The largest absolute Gasteiger partial charge is 0.389 e. The first-order chi connectivity index (χ1) is 20.8. The summed E-state index contributed by atoms with van der Waals surface area (Å²) in [6.45, 7) is 7.12. The van der Waals surface area contributed by atoms with Crippen molar-refractivity contribution in [3.05, 3.63) is 41.7 Å². The number of aromatic nitrogens is 3. The number of aliphatic hydroxyl groups excluding tert-OH is 2. The number of rotatable bonds is 24. The van der Waals surface area contributed by atoms with Crippen LogP contribution in [0.4, 0.5) is 0 Å². The second-order valence-electron chi connectivity index (χ2n) is 9.71. The Morgan fingerprint density at radius 3 is 1.84 bits per heavy atom. The molecule has 1 saturated heterocycles. The molecule has 3 N–H and O–H groups in total. The Hall–Kier alpha value is -2.09. The molecule has 1 aliphatic heterocycles. The predicted octanol–water partition coefficient (Wildman–Crippen LogP) is -0.715. The third kappa shape index (κ3) is 14.0. The second kappa shape index (κ2) is 20.0. The van der Waals surface area contributed by atoms with Gasteiger partial charge in [-0.2, -0.15) is 8.42 Å². The van der Waals surface area contributed by atoms with Crippen LogP contribution in [0.5, 0.6) is 0 Å². The maximum absolute atomic E-state index is 12.1. The second-order valence-corrected chi connectivity index (χ2v) is 11.3. The molecule has 0 unspecified atom stereocenters. The lowest BCUT2D eigenvalue weighted by Gasteiger charge is -2.15. The van der Waals surface area contributed by atoms with Gasteiger partial charge in [0.15, 0.2) is 0 Å². The zero-order valence-electron chi connectivity index (χ0n) is 24.5. The van der Waals surface area contributed by atoms with Crippen LogP contribution in [0.1, 0.15) is 11.3 Å². The van der Waals surface area contributed by atoms with Gasteiger partial charge in [0.2, 0.25) is 0 Å². The van der Waals surface area contributed by atoms with Gasteiger partial charge in [0.05, 0.1) is 122 Å². The third-order valence-corrected chi connectivity index (χ3v) is 7.58. The van der Waals surface area contributed by atoms with Crippen LogP contribution < -0.4 is 5.32 Å². The van der Waals surface area contributed by atoms with Crippen molar-refractivity contribution >= 4 is 10.1 Å². The van der Waals surface area contributed by atoms with E-state index >= 15 is 0 Å². The van der Waals surface area contributed by atoms with Gasteiger partial charge >= 0.3 is 0 Å². The fourth-order valence-corrected chi connectivity index (χ4v) is 4.79. The van der Waals surface area contributed by atoms with E-state index in [0.29, 0.717) is 91.5 Å². The van der Waals surface area contributed by atoms with E-state index in [-0.39, 0.29) is 24.2 Å². The molecular weight excluding hydrogens is 588 g/mol. The summed E-state index contributed by atoms with van der Waals surface area (Å²) in [5.41, 5.74) is 1.64. The van der Waals surface area contributed by atoms with E-state index in [2.05, 4.69) is 15.6 Å². The summed E-state index contributed by atoms with van der Waals surface area (Å²) >= 11 is 0. The highest BCUT2D eigenvalue weighted by Crippen LogP contribution is 2.13. The quantitative estimate of drug-likeness (QED) is 0.0974. The van der Waals surface area contributed by atoms with Gasteiger partial charge in [0, 0.05) is 6.54 Å². The van der Waals surface area contributed by atoms with Crippen molar-refractivity contribution in [3.63, 3.8) is 0 Å². The van der Waals surface area contributed by atoms with Gasteiger partial charge in [-0.15, -0.1) is 5.10 Å². The zero-order chi connectivity index (χ0) is 30.8. The molecule has 0 amide bonds. The third-order valence-electron chi connectivity index (χ3n) is 6.25. The first-order valence-corrected chi connectivity index (χ1v) is 15.7. The van der Waals surface area contributed by atoms with Crippen molar-refractivity contribution in [2.45, 2.75) is 43.2 Å². The van der Waals surface area contributed by atoms with Crippen molar-refractivity contribution < 1.29 is 51.2 Å². The van der Waals surface area contributed by atoms with E-state index in [9.17, 15) is 18.6 Å². The molecule has 1 fully saturated rings. The molecule has 1 aromatic heterocycles. The minimum absolute atomic E-state index is 0.0662. The van der Waals surface area contributed by atoms with E-state index in [4.69, 9.17) is 32.6 Å². The molecule has 1 aliphatic rings. The highest BCUT2D eigenvalue weighted by atomic mass is 32.2. The molecule has 3 atom stereocenters. The Balaban J connectivity index is 1.02. The molecule has 15 nitrogen and oxygen atoms in total. The Bertz CT molecular complexity index is 1120. The molecule has 3 rings (SSSR count). The van der Waals surface area contributed by atoms with Crippen LogP contribution in [0.25, 0.3) is 0 Å². The van der Waals surface area contributed by atoms with E-state index in [1.54, 1.807) is 23.0 Å². The molecule has 0 saturated carbocycles. The monoisotopic (exact) mass is 632 g/mol. The number of aryl methyl sites for hydroxylation is 1. The standard InChI is InChI=1S/C27H44N4O11S/c1-22-2-4-24(5-3-22)43(34,35)42-17-16-40-13-12-38-9-8-36-6-7-37-10-11-39-14-15-41-21-23-19-31(30-29-23)20-25-27(33)26(32)18-28-25/h2-5,19,25-28,32-33H,6-18,20-21H2,1H3/t25-,26+,27-/m0/s1. The molecule has 1 aromatic carbocycles. The molecule has 0 bridgehead atoms. The molecule has 0 spiro atoms. The van der Waals surface area contributed by atoms with Crippen molar-refractivity contribution in [3.8, 4) is 0 Å². The molecule has 2 aromatic rings. The van der Waals surface area contributed by atoms with Crippen LogP contribution in [-0.2, 0) is 55.9 Å². The minimum atomic E-state index is -3.78. The average molecular weight is 633 g/mol. The summed E-state index contributed by atoms with van der Waals surface area (Å²) in [6.07, 6.45) is 0.164. The maximum Gasteiger partial charge on any atom is 0.297 e. The number of hydrogen-bond acceptors (Lipinski definition) is 14. The predicted molar refractivity (Wildman–Crippen MR) is 152 cm³/mol. The van der Waals surface area contributed by atoms with E-state index in [1.165, 1.54) is 12.1 Å². The summed E-state index contributed by atoms with van der Waals surface area (Å²) < 4.78 is 63.4. The van der Waals surface area contributed by atoms with Gasteiger partial charge in [-0.1, -0.05) is 22.9 Å². The molecule has 0 aliphatic carbocycles. The number of ether oxygens (including phenoxy) is 6. The summed E-state index contributed by atoms with van der Waals surface area (Å²) in [5, 5.41) is 30.6. The van der Waals surface area contributed by atoms with Crippen molar-refractivity contribution in [1.82, 2.24) is 20.3 Å². The maximum atomic E-state index is 12.1. The molecule has 16 heteroatoms. The first-order valence-electron chi connectivity index (χ1n) is 14.3. The van der Waals surface area contributed by atoms with E-state index in [1.807, 2.05) is 6.92 Å².